The van der Waals surface area contributed by atoms with Crippen molar-refractivity contribution in [1.29, 1.82) is 0 Å². The van der Waals surface area contributed by atoms with Gasteiger partial charge in [0.05, 0.1) is 11.0 Å². The maximum atomic E-state index is 13.2. The van der Waals surface area contributed by atoms with Crippen LogP contribution in [0.2, 0.25) is 0 Å². The van der Waals surface area contributed by atoms with E-state index in [1.54, 1.807) is 0 Å². The number of hydrogen-bond donors (Lipinski definition) is 0. The van der Waals surface area contributed by atoms with Crippen molar-refractivity contribution in [2.45, 2.75) is 31.9 Å². The second-order valence-electron chi connectivity index (χ2n) is 7.26. The van der Waals surface area contributed by atoms with E-state index in [0.29, 0.717) is 25.9 Å². The van der Waals surface area contributed by atoms with E-state index in [2.05, 4.69) is 9.88 Å². The molecule has 132 valence electrons. The number of aromatic nitrogens is 1. The highest BCUT2D eigenvalue weighted by molar-refractivity contribution is 5.84. The summed E-state index contributed by atoms with van der Waals surface area (Å²) < 4.78 is 39.5. The summed E-state index contributed by atoms with van der Waals surface area (Å²) in [5.41, 5.74) is -0.686. The molecule has 2 fully saturated rings. The number of nitrogens with zero attached hydrogens (tertiary/aromatic N) is 3. The lowest BCUT2D eigenvalue weighted by Gasteiger charge is -2.48. The van der Waals surface area contributed by atoms with E-state index in [-0.39, 0.29) is 22.8 Å². The summed E-state index contributed by atoms with van der Waals surface area (Å²) in [6.07, 6.45) is -0.764. The monoisotopic (exact) mass is 341 g/mol. The fourth-order valence-corrected chi connectivity index (χ4v) is 4.05. The summed E-state index contributed by atoms with van der Waals surface area (Å²) in [5.74, 6) is -0.0717. The van der Waals surface area contributed by atoms with Gasteiger partial charge in [-0.2, -0.15) is 13.2 Å². The van der Waals surface area contributed by atoms with Crippen LogP contribution >= 0.6 is 0 Å². The van der Waals surface area contributed by atoms with Gasteiger partial charge >= 0.3 is 6.18 Å². The lowest BCUT2D eigenvalue weighted by molar-refractivity contribution is -0.151. The largest absolute Gasteiger partial charge is 0.416 e. The summed E-state index contributed by atoms with van der Waals surface area (Å²) in [5, 5.41) is 0. The highest BCUT2D eigenvalue weighted by Crippen LogP contribution is 2.39. The normalized spacial score (nSPS) is 22.3. The summed E-state index contributed by atoms with van der Waals surface area (Å²) in [6, 6.07) is 1.04. The Labute approximate surface area is 139 Å². The van der Waals surface area contributed by atoms with Crippen LogP contribution in [0.25, 0.3) is 0 Å². The van der Waals surface area contributed by atoms with Gasteiger partial charge in [0, 0.05) is 38.6 Å². The molecule has 0 atom stereocenters. The van der Waals surface area contributed by atoms with E-state index in [4.69, 9.17) is 0 Å². The molecule has 3 rings (SSSR count). The van der Waals surface area contributed by atoms with Crippen molar-refractivity contribution in [3.8, 4) is 0 Å². The molecule has 0 aliphatic carbocycles. The quantitative estimate of drug-likeness (QED) is 0.830. The molecule has 4 nitrogen and oxygen atoms in total. The number of likely N-dealkylation sites (tertiary alicyclic amines) is 2. The van der Waals surface area contributed by atoms with Crippen LogP contribution in [-0.4, -0.2) is 53.9 Å². The van der Waals surface area contributed by atoms with E-state index in [0.717, 1.165) is 19.2 Å². The first-order valence-corrected chi connectivity index (χ1v) is 8.20. The molecule has 7 heteroatoms. The van der Waals surface area contributed by atoms with Gasteiger partial charge in [0.2, 0.25) is 5.91 Å². The van der Waals surface area contributed by atoms with Gasteiger partial charge in [0.1, 0.15) is 0 Å². The number of hydrogen-bond acceptors (Lipinski definition) is 3. The van der Waals surface area contributed by atoms with Crippen molar-refractivity contribution < 1.29 is 18.0 Å². The second-order valence-corrected chi connectivity index (χ2v) is 7.26. The number of rotatable bonds is 2. The van der Waals surface area contributed by atoms with E-state index < -0.39 is 11.7 Å². The predicted molar refractivity (Wildman–Crippen MR) is 83.4 cm³/mol. The minimum atomic E-state index is -4.37. The zero-order valence-electron chi connectivity index (χ0n) is 13.9. The number of alkyl halides is 3. The maximum Gasteiger partial charge on any atom is 0.416 e. The molecular weight excluding hydrogens is 319 g/mol. The van der Waals surface area contributed by atoms with Gasteiger partial charge < -0.3 is 9.80 Å². The number of carbonyl (C=O) groups is 1. The molecule has 0 spiro atoms. The van der Waals surface area contributed by atoms with Crippen LogP contribution in [-0.2, 0) is 11.0 Å². The molecule has 3 heterocycles. The first-order chi connectivity index (χ1) is 11.2. The summed E-state index contributed by atoms with van der Waals surface area (Å²) >= 11 is 0. The van der Waals surface area contributed by atoms with Gasteiger partial charge in [-0.25, -0.2) is 0 Å². The third-order valence-electron chi connectivity index (χ3n) is 5.13. The molecule has 2 saturated heterocycles. The standard InChI is InChI=1S/C17H22F3N3O/c1-16(10-22(2)11-16)15(24)23-7-4-12(5-8-23)13-9-21-6-3-14(13)17(18,19)20/h3,6,9,12H,4-5,7-8,10-11H2,1-2H3. The van der Waals surface area contributed by atoms with Gasteiger partial charge in [0.25, 0.3) is 0 Å². The number of carbonyl (C=O) groups excluding carboxylic acids is 1. The third kappa shape index (κ3) is 3.14. The molecule has 0 radical (unpaired) electrons. The van der Waals surface area contributed by atoms with Crippen LogP contribution in [0.4, 0.5) is 13.2 Å². The Bertz CT molecular complexity index is 618. The van der Waals surface area contributed by atoms with Gasteiger partial charge in [-0.1, -0.05) is 0 Å². The lowest BCUT2D eigenvalue weighted by atomic mass is 9.79. The van der Waals surface area contributed by atoms with Crippen molar-refractivity contribution >= 4 is 5.91 Å². The Kier molecular flexibility index (Phi) is 4.32. The first kappa shape index (κ1) is 17.2. The minimum Gasteiger partial charge on any atom is -0.342 e. The minimum absolute atomic E-state index is 0.126. The smallest absolute Gasteiger partial charge is 0.342 e. The van der Waals surface area contributed by atoms with E-state index in [1.807, 2.05) is 18.9 Å². The van der Waals surface area contributed by atoms with Crippen LogP contribution in [0.1, 0.15) is 36.8 Å². The van der Waals surface area contributed by atoms with Crippen LogP contribution in [0.3, 0.4) is 0 Å². The van der Waals surface area contributed by atoms with Gasteiger partial charge in [-0.3, -0.25) is 9.78 Å². The van der Waals surface area contributed by atoms with Gasteiger partial charge in [-0.05, 0) is 44.4 Å². The third-order valence-corrected chi connectivity index (χ3v) is 5.13. The van der Waals surface area contributed by atoms with E-state index in [9.17, 15) is 18.0 Å². The SMILES string of the molecule is CN1CC(C)(C(=O)N2CCC(c3cnccc3C(F)(F)F)CC2)C1. The Balaban J connectivity index is 1.67. The fourth-order valence-electron chi connectivity index (χ4n) is 4.05. The molecule has 24 heavy (non-hydrogen) atoms. The zero-order valence-corrected chi connectivity index (χ0v) is 13.9. The van der Waals surface area contributed by atoms with Crippen LogP contribution in [0.5, 0.6) is 0 Å². The van der Waals surface area contributed by atoms with Gasteiger partial charge in [0.15, 0.2) is 0 Å². The average molecular weight is 341 g/mol. The fraction of sp³-hybridized carbons (Fsp3) is 0.647. The molecule has 2 aliphatic heterocycles. The molecule has 0 aromatic carbocycles. The van der Waals surface area contributed by atoms with E-state index in [1.165, 1.54) is 12.4 Å². The molecule has 2 aliphatic rings. The van der Waals surface area contributed by atoms with Crippen LogP contribution in [0, 0.1) is 5.41 Å². The van der Waals surface area contributed by atoms with Crippen molar-refractivity contribution in [3.63, 3.8) is 0 Å². The van der Waals surface area contributed by atoms with Crippen molar-refractivity contribution in [3.05, 3.63) is 29.6 Å². The Hall–Kier alpha value is -1.63. The average Bonchev–Trinajstić information content (AvgIpc) is 2.52. The molecule has 1 amide bonds. The molecule has 0 unspecified atom stereocenters. The number of pyridine rings is 1. The van der Waals surface area contributed by atoms with Crippen LogP contribution < -0.4 is 0 Å². The number of halogens is 3. The summed E-state index contributed by atoms with van der Waals surface area (Å²) in [7, 11) is 1.97. The molecular formula is C17H22F3N3O. The highest BCUT2D eigenvalue weighted by Gasteiger charge is 2.46. The van der Waals surface area contributed by atoms with Crippen molar-refractivity contribution in [2.24, 2.45) is 5.41 Å². The summed E-state index contributed by atoms with van der Waals surface area (Å²) in [6.45, 7) is 4.47. The molecule has 0 bridgehead atoms. The zero-order chi connectivity index (χ0) is 17.5. The number of amides is 1. The van der Waals surface area contributed by atoms with E-state index >= 15 is 0 Å². The Morgan fingerprint density at radius 3 is 2.46 bits per heavy atom. The lowest BCUT2D eigenvalue weighted by Crippen LogP contribution is -2.61. The first-order valence-electron chi connectivity index (χ1n) is 8.20. The Morgan fingerprint density at radius 1 is 1.29 bits per heavy atom. The number of piperidine rings is 1. The topological polar surface area (TPSA) is 36.4 Å². The van der Waals surface area contributed by atoms with Crippen molar-refractivity contribution in [1.82, 2.24) is 14.8 Å². The molecule has 1 aromatic heterocycles. The summed E-state index contributed by atoms with van der Waals surface area (Å²) in [4.78, 5) is 20.4. The van der Waals surface area contributed by atoms with Crippen molar-refractivity contribution in [2.75, 3.05) is 33.2 Å². The molecule has 0 saturated carbocycles. The second kappa shape index (κ2) is 6.02. The highest BCUT2D eigenvalue weighted by atomic mass is 19.4. The Morgan fingerprint density at radius 2 is 1.92 bits per heavy atom. The molecule has 1 aromatic rings. The predicted octanol–water partition coefficient (Wildman–Crippen LogP) is 2.76. The van der Waals surface area contributed by atoms with Gasteiger partial charge in [-0.15, -0.1) is 0 Å². The molecule has 0 N–H and O–H groups in total. The maximum absolute atomic E-state index is 13.2. The van der Waals surface area contributed by atoms with Crippen LogP contribution in [0.15, 0.2) is 18.5 Å².